The quantitative estimate of drug-likeness (QED) is 0.820. The molecular formula is C20H23N3O. The van der Waals surface area contributed by atoms with E-state index in [4.69, 9.17) is 4.74 Å². The Kier molecular flexibility index (Phi) is 5.84. The molecule has 0 amide bonds. The first kappa shape index (κ1) is 16.5. The average molecular weight is 321 g/mol. The van der Waals surface area contributed by atoms with Gasteiger partial charge in [-0.1, -0.05) is 36.4 Å². The second-order valence-corrected chi connectivity index (χ2v) is 6.05. The first-order valence-corrected chi connectivity index (χ1v) is 8.46. The van der Waals surface area contributed by atoms with Gasteiger partial charge in [0.05, 0.1) is 11.6 Å². The monoisotopic (exact) mass is 321 g/mol. The first-order valence-electron chi connectivity index (χ1n) is 8.46. The molecule has 0 N–H and O–H groups in total. The molecule has 1 aliphatic rings. The van der Waals surface area contributed by atoms with Crippen molar-refractivity contribution in [3.05, 3.63) is 65.7 Å². The molecule has 1 fully saturated rings. The van der Waals surface area contributed by atoms with E-state index in [2.05, 4.69) is 21.9 Å². The van der Waals surface area contributed by atoms with Crippen molar-refractivity contribution in [2.45, 2.75) is 6.54 Å². The number of nitriles is 1. The van der Waals surface area contributed by atoms with Crippen molar-refractivity contribution in [3.63, 3.8) is 0 Å². The minimum atomic E-state index is 0.723. The molecule has 1 saturated heterocycles. The van der Waals surface area contributed by atoms with Crippen LogP contribution in [0, 0.1) is 11.3 Å². The number of nitrogens with zero attached hydrogens (tertiary/aromatic N) is 3. The van der Waals surface area contributed by atoms with Crippen molar-refractivity contribution in [2.75, 3.05) is 39.3 Å². The first-order chi connectivity index (χ1) is 11.8. The van der Waals surface area contributed by atoms with Crippen LogP contribution in [0.3, 0.4) is 0 Å². The van der Waals surface area contributed by atoms with Crippen molar-refractivity contribution >= 4 is 0 Å². The summed E-state index contributed by atoms with van der Waals surface area (Å²) in [4.78, 5) is 4.86. The fourth-order valence-corrected chi connectivity index (χ4v) is 2.99. The van der Waals surface area contributed by atoms with Crippen LogP contribution in [0.2, 0.25) is 0 Å². The zero-order valence-corrected chi connectivity index (χ0v) is 13.9. The number of hydrogen-bond acceptors (Lipinski definition) is 4. The molecule has 0 aliphatic carbocycles. The lowest BCUT2D eigenvalue weighted by Gasteiger charge is -2.34. The van der Waals surface area contributed by atoms with Gasteiger partial charge in [-0.15, -0.1) is 0 Å². The Balaban J connectivity index is 1.40. The maximum atomic E-state index is 9.19. The van der Waals surface area contributed by atoms with Crippen LogP contribution in [0.25, 0.3) is 0 Å². The van der Waals surface area contributed by atoms with E-state index in [0.717, 1.165) is 62.8 Å². The Morgan fingerprint density at radius 1 is 0.875 bits per heavy atom. The van der Waals surface area contributed by atoms with Crippen molar-refractivity contribution in [1.82, 2.24) is 9.80 Å². The number of para-hydroxylation sites is 1. The van der Waals surface area contributed by atoms with E-state index in [-0.39, 0.29) is 0 Å². The summed E-state index contributed by atoms with van der Waals surface area (Å²) in [6.07, 6.45) is 0. The van der Waals surface area contributed by atoms with Gasteiger partial charge in [0.2, 0.25) is 0 Å². The predicted molar refractivity (Wildman–Crippen MR) is 94.8 cm³/mol. The van der Waals surface area contributed by atoms with Crippen LogP contribution in [-0.4, -0.2) is 49.1 Å². The number of ether oxygens (including phenoxy) is 1. The Morgan fingerprint density at radius 2 is 1.54 bits per heavy atom. The van der Waals surface area contributed by atoms with E-state index in [9.17, 15) is 5.26 Å². The van der Waals surface area contributed by atoms with Gasteiger partial charge in [-0.05, 0) is 23.8 Å². The van der Waals surface area contributed by atoms with Gasteiger partial charge in [-0.3, -0.25) is 9.80 Å². The molecule has 0 spiro atoms. The third-order valence-corrected chi connectivity index (χ3v) is 4.42. The topological polar surface area (TPSA) is 39.5 Å². The molecular weight excluding hydrogens is 298 g/mol. The van der Waals surface area contributed by atoms with Gasteiger partial charge in [0, 0.05) is 39.3 Å². The highest BCUT2D eigenvalue weighted by Crippen LogP contribution is 2.13. The third-order valence-electron chi connectivity index (χ3n) is 4.42. The zero-order valence-electron chi connectivity index (χ0n) is 13.9. The minimum absolute atomic E-state index is 0.723. The second kappa shape index (κ2) is 8.49. The van der Waals surface area contributed by atoms with Crippen LogP contribution < -0.4 is 4.74 Å². The molecule has 4 nitrogen and oxygen atoms in total. The minimum Gasteiger partial charge on any atom is -0.492 e. The summed E-state index contributed by atoms with van der Waals surface area (Å²) in [6.45, 7) is 6.70. The standard InChI is InChI=1S/C20H23N3O/c21-16-18-6-4-5-7-19(18)17-23-12-10-22(11-13-23)14-15-24-20-8-2-1-3-9-20/h1-9H,10-15,17H2. The fourth-order valence-electron chi connectivity index (χ4n) is 2.99. The summed E-state index contributed by atoms with van der Waals surface area (Å²) in [5.74, 6) is 0.934. The molecule has 124 valence electrons. The van der Waals surface area contributed by atoms with Crippen LogP contribution in [0.5, 0.6) is 5.75 Å². The number of rotatable bonds is 6. The number of hydrogen-bond donors (Lipinski definition) is 0. The zero-order chi connectivity index (χ0) is 16.6. The van der Waals surface area contributed by atoms with Crippen molar-refractivity contribution in [1.29, 1.82) is 5.26 Å². The predicted octanol–water partition coefficient (Wildman–Crippen LogP) is 2.75. The van der Waals surface area contributed by atoms with Gasteiger partial charge in [-0.25, -0.2) is 0 Å². The van der Waals surface area contributed by atoms with Crippen LogP contribution in [-0.2, 0) is 6.54 Å². The van der Waals surface area contributed by atoms with Crippen LogP contribution in [0.1, 0.15) is 11.1 Å². The van der Waals surface area contributed by atoms with Gasteiger partial charge < -0.3 is 4.74 Å². The summed E-state index contributed by atoms with van der Waals surface area (Å²) in [5, 5.41) is 9.19. The Labute approximate surface area is 143 Å². The summed E-state index contributed by atoms with van der Waals surface area (Å²) < 4.78 is 5.77. The van der Waals surface area contributed by atoms with E-state index < -0.39 is 0 Å². The van der Waals surface area contributed by atoms with Gasteiger partial charge in [0.1, 0.15) is 12.4 Å². The highest BCUT2D eigenvalue weighted by molar-refractivity contribution is 5.37. The Bertz CT molecular complexity index is 673. The number of piperazine rings is 1. The van der Waals surface area contributed by atoms with Gasteiger partial charge in [0.25, 0.3) is 0 Å². The maximum Gasteiger partial charge on any atom is 0.119 e. The van der Waals surface area contributed by atoms with Gasteiger partial charge in [-0.2, -0.15) is 5.26 Å². The summed E-state index contributed by atoms with van der Waals surface area (Å²) in [7, 11) is 0. The van der Waals surface area contributed by atoms with Gasteiger partial charge in [0.15, 0.2) is 0 Å². The van der Waals surface area contributed by atoms with E-state index in [1.165, 1.54) is 0 Å². The Hall–Kier alpha value is -2.35. The van der Waals surface area contributed by atoms with Crippen LogP contribution >= 0.6 is 0 Å². The Morgan fingerprint density at radius 3 is 2.29 bits per heavy atom. The molecule has 0 aromatic heterocycles. The molecule has 3 rings (SSSR count). The van der Waals surface area contributed by atoms with E-state index in [0.29, 0.717) is 0 Å². The second-order valence-electron chi connectivity index (χ2n) is 6.05. The van der Waals surface area contributed by atoms with Crippen molar-refractivity contribution in [3.8, 4) is 11.8 Å². The molecule has 2 aromatic rings. The SMILES string of the molecule is N#Cc1ccccc1CN1CCN(CCOc2ccccc2)CC1. The van der Waals surface area contributed by atoms with Crippen molar-refractivity contribution < 1.29 is 4.74 Å². The third kappa shape index (κ3) is 4.58. The molecule has 0 saturated carbocycles. The fraction of sp³-hybridized carbons (Fsp3) is 0.350. The van der Waals surface area contributed by atoms with E-state index in [1.54, 1.807) is 0 Å². The molecule has 0 radical (unpaired) electrons. The smallest absolute Gasteiger partial charge is 0.119 e. The van der Waals surface area contributed by atoms with E-state index >= 15 is 0 Å². The molecule has 0 bridgehead atoms. The lowest BCUT2D eigenvalue weighted by Crippen LogP contribution is -2.47. The lowest BCUT2D eigenvalue weighted by molar-refractivity contribution is 0.112. The largest absolute Gasteiger partial charge is 0.492 e. The van der Waals surface area contributed by atoms with Crippen LogP contribution in [0.4, 0.5) is 0 Å². The highest BCUT2D eigenvalue weighted by Gasteiger charge is 2.17. The molecule has 0 atom stereocenters. The van der Waals surface area contributed by atoms with E-state index in [1.807, 2.05) is 48.5 Å². The molecule has 4 heteroatoms. The summed E-state index contributed by atoms with van der Waals surface area (Å²) >= 11 is 0. The highest BCUT2D eigenvalue weighted by atomic mass is 16.5. The normalized spacial score (nSPS) is 15.8. The van der Waals surface area contributed by atoms with Crippen LogP contribution in [0.15, 0.2) is 54.6 Å². The maximum absolute atomic E-state index is 9.19. The molecule has 1 aliphatic heterocycles. The molecule has 2 aromatic carbocycles. The van der Waals surface area contributed by atoms with Crippen molar-refractivity contribution in [2.24, 2.45) is 0 Å². The molecule has 1 heterocycles. The summed E-state index contributed by atoms with van der Waals surface area (Å²) in [6, 6.07) is 20.1. The average Bonchev–Trinajstić information content (AvgIpc) is 2.64. The van der Waals surface area contributed by atoms with Gasteiger partial charge >= 0.3 is 0 Å². The summed E-state index contributed by atoms with van der Waals surface area (Å²) in [5.41, 5.74) is 1.91. The molecule has 24 heavy (non-hydrogen) atoms. The lowest BCUT2D eigenvalue weighted by atomic mass is 10.1. The number of benzene rings is 2. The molecule has 0 unspecified atom stereocenters.